The average molecular weight is 351 g/mol. The van der Waals surface area contributed by atoms with Gasteiger partial charge in [0.05, 0.1) is 17.5 Å². The van der Waals surface area contributed by atoms with E-state index in [0.717, 1.165) is 22.5 Å². The Morgan fingerprint density at radius 1 is 1.43 bits per heavy atom. The van der Waals surface area contributed by atoms with Gasteiger partial charge in [0, 0.05) is 23.9 Å². The van der Waals surface area contributed by atoms with E-state index < -0.39 is 5.97 Å². The van der Waals surface area contributed by atoms with E-state index in [4.69, 9.17) is 22.3 Å². The lowest BCUT2D eigenvalue weighted by molar-refractivity contribution is -0.136. The minimum absolute atomic E-state index is 0.0245. The summed E-state index contributed by atoms with van der Waals surface area (Å²) in [5, 5.41) is 11.8. The van der Waals surface area contributed by atoms with Gasteiger partial charge in [0.2, 0.25) is 0 Å². The Morgan fingerprint density at radius 3 is 2.74 bits per heavy atom. The van der Waals surface area contributed by atoms with Crippen molar-refractivity contribution >= 4 is 51.0 Å². The molecule has 0 amide bonds. The predicted octanol–water partition coefficient (Wildman–Crippen LogP) is 3.78. The van der Waals surface area contributed by atoms with Crippen molar-refractivity contribution in [3.05, 3.63) is 24.0 Å². The number of carboxylic acids is 1. The fourth-order valence-electron chi connectivity index (χ4n) is 2.32. The summed E-state index contributed by atoms with van der Waals surface area (Å²) in [5.74, 6) is 0.679. The number of aryl methyl sites for hydroxylation is 1. The second-order valence-corrected chi connectivity index (χ2v) is 8.12. The zero-order valence-corrected chi connectivity index (χ0v) is 15.3. The van der Waals surface area contributed by atoms with Gasteiger partial charge in [0.1, 0.15) is 10.1 Å². The summed E-state index contributed by atoms with van der Waals surface area (Å²) in [6.07, 6.45) is 0.0994. The minimum Gasteiger partial charge on any atom is -0.481 e. The zero-order chi connectivity index (χ0) is 17.2. The third-order valence-electron chi connectivity index (χ3n) is 3.35. The molecule has 0 atom stereocenters. The van der Waals surface area contributed by atoms with Gasteiger partial charge in [-0.1, -0.05) is 44.8 Å². The van der Waals surface area contributed by atoms with E-state index in [1.165, 1.54) is 11.8 Å². The molecule has 2 rings (SSSR count). The summed E-state index contributed by atoms with van der Waals surface area (Å²) >= 11 is 6.58. The minimum atomic E-state index is -0.814. The first-order valence-corrected chi connectivity index (χ1v) is 8.70. The van der Waals surface area contributed by atoms with Gasteiger partial charge >= 0.3 is 5.97 Å². The molecule has 2 N–H and O–H groups in total. The van der Waals surface area contributed by atoms with Gasteiger partial charge in [-0.05, 0) is 18.2 Å². The summed E-state index contributed by atoms with van der Waals surface area (Å²) < 4.78 is 2.67. The number of anilines is 1. The maximum atomic E-state index is 10.5. The van der Waals surface area contributed by atoms with Gasteiger partial charge in [0.15, 0.2) is 0 Å². The topological polar surface area (TPSA) is 67.2 Å². The molecule has 0 radical (unpaired) electrons. The number of nitrogens with zero attached hydrogens (tertiary/aromatic N) is 2. The van der Waals surface area contributed by atoms with Crippen LogP contribution in [0.25, 0.3) is 11.0 Å². The number of aliphatic carboxylic acids is 1. The van der Waals surface area contributed by atoms with Crippen molar-refractivity contribution in [2.75, 3.05) is 11.1 Å². The quantitative estimate of drug-likeness (QED) is 0.817. The largest absolute Gasteiger partial charge is 0.481 e. The molecular formula is C16H21N3O2S2. The molecular weight excluding hydrogens is 330 g/mol. The Balaban J connectivity index is 2.15. The SMILES string of the molecule is Cn1c(C(C)(C)C)nc2ccc(NC(=S)SCCC(=O)O)cc21. The van der Waals surface area contributed by atoms with Crippen LogP contribution in [0.5, 0.6) is 0 Å². The molecule has 0 unspecified atom stereocenters. The van der Waals surface area contributed by atoms with Crippen molar-refractivity contribution < 1.29 is 9.90 Å². The molecule has 1 aromatic heterocycles. The fraction of sp³-hybridized carbons (Fsp3) is 0.438. The maximum Gasteiger partial charge on any atom is 0.304 e. The molecule has 5 nitrogen and oxygen atoms in total. The van der Waals surface area contributed by atoms with Crippen molar-refractivity contribution in [2.45, 2.75) is 32.6 Å². The first kappa shape index (κ1) is 17.7. The summed E-state index contributed by atoms with van der Waals surface area (Å²) in [5.41, 5.74) is 2.85. The number of rotatable bonds is 4. The normalized spacial score (nSPS) is 11.7. The Kier molecular flexibility index (Phi) is 5.31. The number of imidazole rings is 1. The Hall–Kier alpha value is -1.60. The predicted molar refractivity (Wildman–Crippen MR) is 100 cm³/mol. The van der Waals surface area contributed by atoms with Crippen molar-refractivity contribution in [1.82, 2.24) is 9.55 Å². The molecule has 0 fully saturated rings. The van der Waals surface area contributed by atoms with Crippen LogP contribution in [0.2, 0.25) is 0 Å². The Morgan fingerprint density at radius 2 is 2.13 bits per heavy atom. The summed E-state index contributed by atoms with van der Waals surface area (Å²) in [6, 6.07) is 5.92. The lowest BCUT2D eigenvalue weighted by atomic mass is 9.96. The van der Waals surface area contributed by atoms with Gasteiger partial charge in [-0.3, -0.25) is 4.79 Å². The number of carbonyl (C=O) groups is 1. The zero-order valence-electron chi connectivity index (χ0n) is 13.7. The monoisotopic (exact) mass is 351 g/mol. The second-order valence-electron chi connectivity index (χ2n) is 6.35. The highest BCUT2D eigenvalue weighted by atomic mass is 32.2. The van der Waals surface area contributed by atoms with Gasteiger partial charge in [-0.15, -0.1) is 0 Å². The van der Waals surface area contributed by atoms with Crippen LogP contribution >= 0.6 is 24.0 Å². The molecule has 0 bridgehead atoms. The number of carboxylic acid groups (broad SMARTS) is 1. The second kappa shape index (κ2) is 6.88. The van der Waals surface area contributed by atoms with Crippen LogP contribution in [0.4, 0.5) is 5.69 Å². The Bertz CT molecular complexity index is 748. The van der Waals surface area contributed by atoms with Crippen LogP contribution in [-0.4, -0.2) is 30.7 Å². The van der Waals surface area contributed by atoms with E-state index in [9.17, 15) is 4.79 Å². The van der Waals surface area contributed by atoms with Crippen molar-refractivity contribution in [3.8, 4) is 0 Å². The number of hydrogen-bond acceptors (Lipinski definition) is 4. The first-order chi connectivity index (χ1) is 10.7. The molecule has 0 saturated heterocycles. The highest BCUT2D eigenvalue weighted by Crippen LogP contribution is 2.27. The van der Waals surface area contributed by atoms with Gasteiger partial charge in [0.25, 0.3) is 0 Å². The first-order valence-electron chi connectivity index (χ1n) is 7.31. The lowest BCUT2D eigenvalue weighted by Crippen LogP contribution is -2.17. The van der Waals surface area contributed by atoms with Crippen molar-refractivity contribution in [3.63, 3.8) is 0 Å². The average Bonchev–Trinajstić information content (AvgIpc) is 2.75. The van der Waals surface area contributed by atoms with E-state index in [-0.39, 0.29) is 11.8 Å². The summed E-state index contributed by atoms with van der Waals surface area (Å²) in [7, 11) is 2.01. The molecule has 0 aliphatic rings. The van der Waals surface area contributed by atoms with Crippen LogP contribution < -0.4 is 5.32 Å². The standard InChI is InChI=1S/C16H21N3O2S2/c1-16(2,3)14-18-11-6-5-10(9-12(11)19(14)4)17-15(22)23-8-7-13(20)21/h5-6,9H,7-8H2,1-4H3,(H,17,22)(H,20,21). The summed E-state index contributed by atoms with van der Waals surface area (Å²) in [4.78, 5) is 15.2. The third kappa shape index (κ3) is 4.45. The van der Waals surface area contributed by atoms with Crippen LogP contribution in [0.3, 0.4) is 0 Å². The van der Waals surface area contributed by atoms with E-state index >= 15 is 0 Å². The molecule has 23 heavy (non-hydrogen) atoms. The Labute approximate surface area is 145 Å². The molecule has 2 aromatic rings. The molecule has 1 aromatic carbocycles. The molecule has 1 heterocycles. The third-order valence-corrected chi connectivity index (χ3v) is 4.58. The number of aromatic nitrogens is 2. The number of thioether (sulfide) groups is 1. The molecule has 7 heteroatoms. The van der Waals surface area contributed by atoms with E-state index in [2.05, 4.69) is 30.7 Å². The van der Waals surface area contributed by atoms with E-state index in [1.807, 2.05) is 25.2 Å². The highest BCUT2D eigenvalue weighted by molar-refractivity contribution is 8.23. The van der Waals surface area contributed by atoms with Crippen LogP contribution in [-0.2, 0) is 17.3 Å². The van der Waals surface area contributed by atoms with Crippen molar-refractivity contribution in [2.24, 2.45) is 7.05 Å². The van der Waals surface area contributed by atoms with E-state index in [1.54, 1.807) is 0 Å². The van der Waals surface area contributed by atoms with Crippen LogP contribution in [0.15, 0.2) is 18.2 Å². The van der Waals surface area contributed by atoms with Crippen LogP contribution in [0.1, 0.15) is 33.0 Å². The van der Waals surface area contributed by atoms with Gasteiger partial charge in [-0.2, -0.15) is 0 Å². The van der Waals surface area contributed by atoms with E-state index in [0.29, 0.717) is 10.1 Å². The number of nitrogens with one attached hydrogen (secondary N) is 1. The van der Waals surface area contributed by atoms with Crippen LogP contribution in [0, 0.1) is 0 Å². The molecule has 124 valence electrons. The lowest BCUT2D eigenvalue weighted by Gasteiger charge is -2.17. The number of fused-ring (bicyclic) bond motifs is 1. The summed E-state index contributed by atoms with van der Waals surface area (Å²) in [6.45, 7) is 6.42. The maximum absolute atomic E-state index is 10.5. The molecule has 0 saturated carbocycles. The van der Waals surface area contributed by atoms with Crippen molar-refractivity contribution in [1.29, 1.82) is 0 Å². The number of hydrogen-bond donors (Lipinski definition) is 2. The molecule has 0 aliphatic heterocycles. The molecule has 0 spiro atoms. The molecule has 0 aliphatic carbocycles. The van der Waals surface area contributed by atoms with Gasteiger partial charge < -0.3 is 15.0 Å². The smallest absolute Gasteiger partial charge is 0.304 e. The highest BCUT2D eigenvalue weighted by Gasteiger charge is 2.21. The number of benzene rings is 1. The van der Waals surface area contributed by atoms with Gasteiger partial charge in [-0.25, -0.2) is 4.98 Å². The number of thiocarbonyl (C=S) groups is 1. The fourth-order valence-corrected chi connectivity index (χ4v) is 3.34.